The van der Waals surface area contributed by atoms with Gasteiger partial charge in [0.2, 0.25) is 0 Å². The molecular weight excluding hydrogens is 297 g/mol. The maximum atomic E-state index is 12.6. The SMILES string of the molecule is COCc1ccc(C(=O)Nc2cccc(C(F)(F)F)c2)cn1. The number of aromatic nitrogens is 1. The number of benzene rings is 1. The van der Waals surface area contributed by atoms with E-state index in [4.69, 9.17) is 4.74 Å². The fraction of sp³-hybridized carbons (Fsp3) is 0.200. The number of anilines is 1. The van der Waals surface area contributed by atoms with Gasteiger partial charge in [0.15, 0.2) is 0 Å². The smallest absolute Gasteiger partial charge is 0.378 e. The van der Waals surface area contributed by atoms with Crippen molar-refractivity contribution in [1.29, 1.82) is 0 Å². The predicted molar refractivity (Wildman–Crippen MR) is 74.3 cm³/mol. The standard InChI is InChI=1S/C15H13F3N2O2/c1-22-9-13-6-5-10(8-19-13)14(21)20-12-4-2-3-11(7-12)15(16,17)18/h2-8H,9H2,1H3,(H,20,21). The first-order valence-corrected chi connectivity index (χ1v) is 6.32. The maximum Gasteiger partial charge on any atom is 0.416 e. The Morgan fingerprint density at radius 2 is 2.05 bits per heavy atom. The first-order valence-electron chi connectivity index (χ1n) is 6.32. The average Bonchev–Trinajstić information content (AvgIpc) is 2.48. The van der Waals surface area contributed by atoms with Gasteiger partial charge >= 0.3 is 6.18 Å². The summed E-state index contributed by atoms with van der Waals surface area (Å²) in [5, 5.41) is 2.41. The Morgan fingerprint density at radius 3 is 2.64 bits per heavy atom. The van der Waals surface area contributed by atoms with E-state index in [0.717, 1.165) is 12.1 Å². The summed E-state index contributed by atoms with van der Waals surface area (Å²) in [6.07, 6.45) is -3.11. The molecule has 1 heterocycles. The number of amides is 1. The molecule has 2 rings (SSSR count). The summed E-state index contributed by atoms with van der Waals surface area (Å²) >= 11 is 0. The summed E-state index contributed by atoms with van der Waals surface area (Å²) in [5.41, 5.74) is 0.148. The molecule has 0 saturated carbocycles. The topological polar surface area (TPSA) is 51.2 Å². The van der Waals surface area contributed by atoms with Gasteiger partial charge in [-0.1, -0.05) is 6.07 Å². The van der Waals surface area contributed by atoms with E-state index in [2.05, 4.69) is 10.3 Å². The summed E-state index contributed by atoms with van der Waals surface area (Å²) < 4.78 is 42.7. The summed E-state index contributed by atoms with van der Waals surface area (Å²) in [6.45, 7) is 0.315. The molecule has 7 heteroatoms. The van der Waals surface area contributed by atoms with Crippen LogP contribution in [0.2, 0.25) is 0 Å². The van der Waals surface area contributed by atoms with Crippen molar-refractivity contribution in [2.45, 2.75) is 12.8 Å². The number of rotatable bonds is 4. The summed E-state index contributed by atoms with van der Waals surface area (Å²) in [6, 6.07) is 7.59. The molecule has 2 aromatic rings. The Morgan fingerprint density at radius 1 is 1.27 bits per heavy atom. The molecule has 0 fully saturated rings. The van der Waals surface area contributed by atoms with Gasteiger partial charge in [0, 0.05) is 19.0 Å². The molecule has 0 saturated heterocycles. The lowest BCUT2D eigenvalue weighted by Crippen LogP contribution is -2.13. The molecule has 22 heavy (non-hydrogen) atoms. The van der Waals surface area contributed by atoms with Gasteiger partial charge in [0.05, 0.1) is 23.4 Å². The van der Waals surface area contributed by atoms with Crippen LogP contribution in [0.4, 0.5) is 18.9 Å². The van der Waals surface area contributed by atoms with Crippen molar-refractivity contribution in [2.24, 2.45) is 0 Å². The number of carbonyl (C=O) groups excluding carboxylic acids is 1. The molecule has 116 valence electrons. The molecule has 4 nitrogen and oxygen atoms in total. The van der Waals surface area contributed by atoms with E-state index in [0.29, 0.717) is 12.3 Å². The molecule has 0 aliphatic carbocycles. The van der Waals surface area contributed by atoms with E-state index in [1.165, 1.54) is 31.5 Å². The van der Waals surface area contributed by atoms with Crippen LogP contribution in [0.25, 0.3) is 0 Å². The van der Waals surface area contributed by atoms with Crippen LogP contribution in [-0.2, 0) is 17.5 Å². The number of carbonyl (C=O) groups is 1. The van der Waals surface area contributed by atoms with Crippen LogP contribution in [0, 0.1) is 0 Å². The number of halogens is 3. The van der Waals surface area contributed by atoms with Gasteiger partial charge in [-0.3, -0.25) is 9.78 Å². The van der Waals surface area contributed by atoms with Crippen molar-refractivity contribution in [1.82, 2.24) is 4.98 Å². The highest BCUT2D eigenvalue weighted by Crippen LogP contribution is 2.30. The molecule has 0 unspecified atom stereocenters. The molecule has 0 atom stereocenters. The summed E-state index contributed by atoms with van der Waals surface area (Å²) in [4.78, 5) is 16.0. The van der Waals surface area contributed by atoms with Crippen LogP contribution in [0.3, 0.4) is 0 Å². The Balaban J connectivity index is 2.11. The third-order valence-corrected chi connectivity index (χ3v) is 2.83. The molecule has 0 spiro atoms. The van der Waals surface area contributed by atoms with Crippen LogP contribution in [0.1, 0.15) is 21.6 Å². The van der Waals surface area contributed by atoms with E-state index < -0.39 is 17.6 Å². The van der Waals surface area contributed by atoms with Gasteiger partial charge in [-0.05, 0) is 30.3 Å². The number of methoxy groups -OCH3 is 1. The molecule has 1 aromatic carbocycles. The molecule has 0 aliphatic heterocycles. The zero-order valence-electron chi connectivity index (χ0n) is 11.6. The maximum absolute atomic E-state index is 12.6. The van der Waals surface area contributed by atoms with Gasteiger partial charge in [-0.15, -0.1) is 0 Å². The van der Waals surface area contributed by atoms with Crippen molar-refractivity contribution in [3.63, 3.8) is 0 Å². The number of pyridine rings is 1. The summed E-state index contributed by atoms with van der Waals surface area (Å²) in [7, 11) is 1.52. The van der Waals surface area contributed by atoms with Crippen molar-refractivity contribution in [3.05, 3.63) is 59.4 Å². The molecule has 0 radical (unpaired) electrons. The molecular formula is C15H13F3N2O2. The molecule has 1 aromatic heterocycles. The average molecular weight is 310 g/mol. The first-order chi connectivity index (χ1) is 10.4. The quantitative estimate of drug-likeness (QED) is 0.940. The zero-order valence-corrected chi connectivity index (χ0v) is 11.6. The van der Waals surface area contributed by atoms with E-state index >= 15 is 0 Å². The highest BCUT2D eigenvalue weighted by molar-refractivity contribution is 6.04. The predicted octanol–water partition coefficient (Wildman–Crippen LogP) is 3.50. The van der Waals surface area contributed by atoms with Crippen LogP contribution in [-0.4, -0.2) is 18.0 Å². The van der Waals surface area contributed by atoms with E-state index in [1.54, 1.807) is 6.07 Å². The van der Waals surface area contributed by atoms with Crippen molar-refractivity contribution in [3.8, 4) is 0 Å². The van der Waals surface area contributed by atoms with Gasteiger partial charge < -0.3 is 10.1 Å². The highest BCUT2D eigenvalue weighted by atomic mass is 19.4. The second-order valence-electron chi connectivity index (χ2n) is 4.50. The minimum atomic E-state index is -4.45. The largest absolute Gasteiger partial charge is 0.416 e. The number of nitrogens with one attached hydrogen (secondary N) is 1. The van der Waals surface area contributed by atoms with Crippen molar-refractivity contribution in [2.75, 3.05) is 12.4 Å². The second-order valence-corrected chi connectivity index (χ2v) is 4.50. The van der Waals surface area contributed by atoms with E-state index in [-0.39, 0.29) is 11.3 Å². The minimum absolute atomic E-state index is 0.0702. The van der Waals surface area contributed by atoms with Gasteiger partial charge in [0.25, 0.3) is 5.91 Å². The Hall–Kier alpha value is -2.41. The number of nitrogens with zero attached hydrogens (tertiary/aromatic N) is 1. The van der Waals surface area contributed by atoms with Gasteiger partial charge in [-0.2, -0.15) is 13.2 Å². The Kier molecular flexibility index (Phi) is 4.77. The molecule has 0 bridgehead atoms. The number of hydrogen-bond donors (Lipinski definition) is 1. The first kappa shape index (κ1) is 16.0. The lowest BCUT2D eigenvalue weighted by Gasteiger charge is -2.10. The fourth-order valence-electron chi connectivity index (χ4n) is 1.77. The zero-order chi connectivity index (χ0) is 16.2. The van der Waals surface area contributed by atoms with E-state index in [1.807, 2.05) is 0 Å². The molecule has 0 aliphatic rings. The van der Waals surface area contributed by atoms with Gasteiger partial charge in [0.1, 0.15) is 0 Å². The third-order valence-electron chi connectivity index (χ3n) is 2.83. The van der Waals surface area contributed by atoms with Crippen LogP contribution in [0.15, 0.2) is 42.6 Å². The van der Waals surface area contributed by atoms with Crippen LogP contribution in [0.5, 0.6) is 0 Å². The monoisotopic (exact) mass is 310 g/mol. The van der Waals surface area contributed by atoms with Gasteiger partial charge in [-0.25, -0.2) is 0 Å². The fourth-order valence-corrected chi connectivity index (χ4v) is 1.77. The number of ether oxygens (including phenoxy) is 1. The Labute approximate surface area is 124 Å². The minimum Gasteiger partial charge on any atom is -0.378 e. The third kappa shape index (κ3) is 4.05. The second kappa shape index (κ2) is 6.57. The number of hydrogen-bond acceptors (Lipinski definition) is 3. The van der Waals surface area contributed by atoms with E-state index in [9.17, 15) is 18.0 Å². The van der Waals surface area contributed by atoms with Crippen LogP contribution >= 0.6 is 0 Å². The van der Waals surface area contributed by atoms with Crippen molar-refractivity contribution < 1.29 is 22.7 Å². The number of alkyl halides is 3. The van der Waals surface area contributed by atoms with Crippen LogP contribution < -0.4 is 5.32 Å². The Bertz CT molecular complexity index is 655. The lowest BCUT2D eigenvalue weighted by molar-refractivity contribution is -0.137. The molecule has 1 amide bonds. The molecule has 1 N–H and O–H groups in total. The summed E-state index contributed by atoms with van der Waals surface area (Å²) in [5.74, 6) is -0.532. The van der Waals surface area contributed by atoms with Crippen molar-refractivity contribution >= 4 is 11.6 Å². The highest BCUT2D eigenvalue weighted by Gasteiger charge is 2.30. The lowest BCUT2D eigenvalue weighted by atomic mass is 10.2. The normalized spacial score (nSPS) is 11.3.